The van der Waals surface area contributed by atoms with Gasteiger partial charge in [0, 0.05) is 32.0 Å². The normalized spacial score (nSPS) is 11.5. The summed E-state index contributed by atoms with van der Waals surface area (Å²) in [6, 6.07) is 7.31. The maximum atomic E-state index is 10.9. The highest BCUT2D eigenvalue weighted by Gasteiger charge is 2.02. The van der Waals surface area contributed by atoms with Crippen LogP contribution in [0.3, 0.4) is 0 Å². The minimum atomic E-state index is -0.0913. The number of amides is 1. The summed E-state index contributed by atoms with van der Waals surface area (Å²) in [5.74, 6) is -0.0913. The molecule has 19 heavy (non-hydrogen) atoms. The molecule has 0 saturated heterocycles. The molecule has 1 rings (SSSR count). The first-order valence-electron chi connectivity index (χ1n) is 5.96. The van der Waals surface area contributed by atoms with E-state index in [0.29, 0.717) is 11.7 Å². The maximum absolute atomic E-state index is 10.9. The molecule has 0 aromatic heterocycles. The predicted molar refractivity (Wildman–Crippen MR) is 81.4 cm³/mol. The number of rotatable bonds is 5. The second kappa shape index (κ2) is 7.70. The highest BCUT2D eigenvalue weighted by molar-refractivity contribution is 7.80. The summed E-state index contributed by atoms with van der Waals surface area (Å²) in [6.45, 7) is 4.08. The average molecular weight is 281 g/mol. The number of methoxy groups -OCH3 is 1. The Balaban J connectivity index is 2.44. The Morgan fingerprint density at radius 3 is 2.26 bits per heavy atom. The molecule has 104 valence electrons. The molecule has 0 heterocycles. The van der Waals surface area contributed by atoms with Gasteiger partial charge in [0.25, 0.3) is 0 Å². The number of hydrogen-bond acceptors (Lipinski definition) is 3. The fourth-order valence-corrected chi connectivity index (χ4v) is 1.54. The Hall–Kier alpha value is -1.66. The molecule has 1 amide bonds. The molecule has 6 heteroatoms. The molecule has 1 atom stereocenters. The van der Waals surface area contributed by atoms with Crippen molar-refractivity contribution >= 4 is 34.6 Å². The number of benzene rings is 1. The Labute approximate surface area is 118 Å². The maximum Gasteiger partial charge on any atom is 0.221 e. The second-order valence-electron chi connectivity index (χ2n) is 4.14. The number of anilines is 2. The van der Waals surface area contributed by atoms with E-state index in [1.165, 1.54) is 6.92 Å². The van der Waals surface area contributed by atoms with Crippen molar-refractivity contribution in [2.24, 2.45) is 0 Å². The second-order valence-corrected chi connectivity index (χ2v) is 4.55. The lowest BCUT2D eigenvalue weighted by Crippen LogP contribution is -2.34. The molecule has 1 aromatic carbocycles. The van der Waals surface area contributed by atoms with E-state index < -0.39 is 0 Å². The quantitative estimate of drug-likeness (QED) is 0.720. The van der Waals surface area contributed by atoms with Gasteiger partial charge in [-0.25, -0.2) is 0 Å². The number of ether oxygens (including phenoxy) is 1. The standard InChI is InChI=1S/C13H19N3O2S/c1-9(18-3)8-14-13(19)16-12-6-4-11(5-7-12)15-10(2)17/h4-7,9H,8H2,1-3H3,(H,15,17)(H2,14,16,19). The van der Waals surface area contributed by atoms with Gasteiger partial charge in [0.15, 0.2) is 5.11 Å². The fourth-order valence-electron chi connectivity index (χ4n) is 1.34. The van der Waals surface area contributed by atoms with Gasteiger partial charge in [0.1, 0.15) is 0 Å². The van der Waals surface area contributed by atoms with Crippen LogP contribution < -0.4 is 16.0 Å². The van der Waals surface area contributed by atoms with Crippen molar-refractivity contribution < 1.29 is 9.53 Å². The first-order chi connectivity index (χ1) is 9.01. The van der Waals surface area contributed by atoms with Crippen LogP contribution in [0.25, 0.3) is 0 Å². The highest BCUT2D eigenvalue weighted by atomic mass is 32.1. The monoisotopic (exact) mass is 281 g/mol. The lowest BCUT2D eigenvalue weighted by atomic mass is 10.3. The van der Waals surface area contributed by atoms with Crippen LogP contribution in [0, 0.1) is 0 Å². The molecule has 1 aromatic rings. The van der Waals surface area contributed by atoms with Crippen LogP contribution in [-0.2, 0) is 9.53 Å². The molecule has 1 unspecified atom stereocenters. The molecule has 0 aliphatic rings. The molecular weight excluding hydrogens is 262 g/mol. The summed E-state index contributed by atoms with van der Waals surface area (Å²) in [7, 11) is 1.66. The Kier molecular flexibility index (Phi) is 6.24. The molecule has 0 radical (unpaired) electrons. The zero-order chi connectivity index (χ0) is 14.3. The third-order valence-corrected chi connectivity index (χ3v) is 2.66. The topological polar surface area (TPSA) is 62.4 Å². The van der Waals surface area contributed by atoms with Crippen molar-refractivity contribution in [3.05, 3.63) is 24.3 Å². The first kappa shape index (κ1) is 15.4. The smallest absolute Gasteiger partial charge is 0.221 e. The molecule has 0 aliphatic heterocycles. The van der Waals surface area contributed by atoms with Gasteiger partial charge in [-0.05, 0) is 43.4 Å². The highest BCUT2D eigenvalue weighted by Crippen LogP contribution is 2.13. The van der Waals surface area contributed by atoms with Crippen molar-refractivity contribution in [2.45, 2.75) is 20.0 Å². The minimum Gasteiger partial charge on any atom is -0.380 e. The van der Waals surface area contributed by atoms with Crippen molar-refractivity contribution in [3.63, 3.8) is 0 Å². The zero-order valence-electron chi connectivity index (χ0n) is 11.3. The van der Waals surface area contributed by atoms with Crippen LogP contribution in [0.5, 0.6) is 0 Å². The van der Waals surface area contributed by atoms with E-state index in [1.54, 1.807) is 7.11 Å². The molecule has 0 bridgehead atoms. The molecule has 0 spiro atoms. The van der Waals surface area contributed by atoms with Crippen molar-refractivity contribution in [1.29, 1.82) is 0 Å². The Morgan fingerprint density at radius 2 is 1.79 bits per heavy atom. The van der Waals surface area contributed by atoms with E-state index in [0.717, 1.165) is 11.4 Å². The van der Waals surface area contributed by atoms with E-state index in [2.05, 4.69) is 16.0 Å². The van der Waals surface area contributed by atoms with Gasteiger partial charge in [-0.1, -0.05) is 0 Å². The Bertz CT molecular complexity index is 434. The van der Waals surface area contributed by atoms with Crippen LogP contribution in [0.15, 0.2) is 24.3 Å². The average Bonchev–Trinajstić information content (AvgIpc) is 2.37. The minimum absolute atomic E-state index is 0.0913. The molecule has 0 saturated carbocycles. The van der Waals surface area contributed by atoms with E-state index in [-0.39, 0.29) is 12.0 Å². The number of nitrogens with one attached hydrogen (secondary N) is 3. The fraction of sp³-hybridized carbons (Fsp3) is 0.385. The number of hydrogen-bond donors (Lipinski definition) is 3. The van der Waals surface area contributed by atoms with Crippen molar-refractivity contribution in [3.8, 4) is 0 Å². The predicted octanol–water partition coefficient (Wildman–Crippen LogP) is 1.97. The summed E-state index contributed by atoms with van der Waals surface area (Å²) in [5.41, 5.74) is 1.61. The van der Waals surface area contributed by atoms with Crippen LogP contribution >= 0.6 is 12.2 Å². The molecule has 0 aliphatic carbocycles. The van der Waals surface area contributed by atoms with Gasteiger partial charge in [0.05, 0.1) is 6.10 Å². The zero-order valence-corrected chi connectivity index (χ0v) is 12.1. The lowest BCUT2D eigenvalue weighted by molar-refractivity contribution is -0.114. The van der Waals surface area contributed by atoms with Crippen LogP contribution in [-0.4, -0.2) is 30.8 Å². The van der Waals surface area contributed by atoms with Gasteiger partial charge < -0.3 is 20.7 Å². The van der Waals surface area contributed by atoms with Crippen molar-refractivity contribution in [2.75, 3.05) is 24.3 Å². The molecule has 3 N–H and O–H groups in total. The Morgan fingerprint density at radius 1 is 1.26 bits per heavy atom. The van der Waals surface area contributed by atoms with Crippen molar-refractivity contribution in [1.82, 2.24) is 5.32 Å². The van der Waals surface area contributed by atoms with Gasteiger partial charge in [-0.15, -0.1) is 0 Å². The number of carbonyl (C=O) groups excluding carboxylic acids is 1. The molecular formula is C13H19N3O2S. The van der Waals surface area contributed by atoms with Crippen LogP contribution in [0.2, 0.25) is 0 Å². The number of thiocarbonyl (C=S) groups is 1. The van der Waals surface area contributed by atoms with E-state index in [1.807, 2.05) is 31.2 Å². The van der Waals surface area contributed by atoms with E-state index in [4.69, 9.17) is 17.0 Å². The largest absolute Gasteiger partial charge is 0.380 e. The molecule has 5 nitrogen and oxygen atoms in total. The summed E-state index contributed by atoms with van der Waals surface area (Å²) < 4.78 is 5.11. The van der Waals surface area contributed by atoms with Gasteiger partial charge in [0.2, 0.25) is 5.91 Å². The van der Waals surface area contributed by atoms with E-state index in [9.17, 15) is 4.79 Å². The lowest BCUT2D eigenvalue weighted by Gasteiger charge is -2.14. The summed E-state index contributed by atoms with van der Waals surface area (Å²) >= 11 is 5.16. The third kappa shape index (κ3) is 6.17. The van der Waals surface area contributed by atoms with Crippen LogP contribution in [0.4, 0.5) is 11.4 Å². The summed E-state index contributed by atoms with van der Waals surface area (Å²) in [5, 5.41) is 9.35. The molecule has 0 fully saturated rings. The van der Waals surface area contributed by atoms with Gasteiger partial charge in [-0.3, -0.25) is 4.79 Å². The van der Waals surface area contributed by atoms with E-state index >= 15 is 0 Å². The summed E-state index contributed by atoms with van der Waals surface area (Å²) in [6.07, 6.45) is 0.0990. The summed E-state index contributed by atoms with van der Waals surface area (Å²) in [4.78, 5) is 10.9. The number of carbonyl (C=O) groups is 1. The third-order valence-electron chi connectivity index (χ3n) is 2.42. The van der Waals surface area contributed by atoms with Gasteiger partial charge in [-0.2, -0.15) is 0 Å². The van der Waals surface area contributed by atoms with Gasteiger partial charge >= 0.3 is 0 Å². The first-order valence-corrected chi connectivity index (χ1v) is 6.37. The van der Waals surface area contributed by atoms with Crippen LogP contribution in [0.1, 0.15) is 13.8 Å². The SMILES string of the molecule is COC(C)CNC(=S)Nc1ccc(NC(C)=O)cc1.